The molecule has 2 N–H and O–H groups in total. The van der Waals surface area contributed by atoms with E-state index in [4.69, 9.17) is 16.3 Å². The maximum absolute atomic E-state index is 12.2. The molecule has 7 heteroatoms. The largest absolute Gasteiger partial charge is 0.481 e. The molecule has 0 aliphatic carbocycles. The van der Waals surface area contributed by atoms with Gasteiger partial charge in [0.15, 0.2) is 5.43 Å². The molecule has 0 spiro atoms. The van der Waals surface area contributed by atoms with Gasteiger partial charge in [-0.3, -0.25) is 14.5 Å². The Morgan fingerprint density at radius 2 is 2.26 bits per heavy atom. The Morgan fingerprint density at radius 1 is 1.43 bits per heavy atom. The zero-order chi connectivity index (χ0) is 16.4. The number of halogens is 1. The molecule has 1 aromatic carbocycles. The number of aromatic nitrogens is 1. The number of fused-ring (bicyclic) bond motifs is 1. The van der Waals surface area contributed by atoms with E-state index in [1.54, 1.807) is 24.3 Å². The molecular formula is C16H17ClN2O4. The van der Waals surface area contributed by atoms with Crippen LogP contribution < -0.4 is 5.43 Å². The van der Waals surface area contributed by atoms with Crippen LogP contribution in [-0.2, 0) is 16.1 Å². The van der Waals surface area contributed by atoms with Gasteiger partial charge >= 0.3 is 5.97 Å². The molecule has 1 atom stereocenters. The fraction of sp³-hybridized carbons (Fsp3) is 0.375. The highest BCUT2D eigenvalue weighted by Gasteiger charge is 2.24. The van der Waals surface area contributed by atoms with Crippen molar-refractivity contribution in [3.63, 3.8) is 0 Å². The SMILES string of the molecule is O=C(O)C1COCCN(Cc2cc(=O)c3cc(Cl)ccc3[nH]2)C1. The van der Waals surface area contributed by atoms with E-state index in [1.807, 2.05) is 4.90 Å². The van der Waals surface area contributed by atoms with Crippen LogP contribution in [0.4, 0.5) is 0 Å². The van der Waals surface area contributed by atoms with E-state index in [0.717, 1.165) is 11.2 Å². The number of carbonyl (C=O) groups is 1. The molecule has 1 saturated heterocycles. The standard InChI is InChI=1S/C16H17ClN2O4/c17-11-1-2-14-13(5-11)15(20)6-12(18-14)8-19-3-4-23-9-10(7-19)16(21)22/h1-2,5-6,10H,3-4,7-9H2,(H,18,20)(H,21,22). The number of pyridine rings is 1. The lowest BCUT2D eigenvalue weighted by Gasteiger charge is -2.21. The van der Waals surface area contributed by atoms with Crippen molar-refractivity contribution in [1.82, 2.24) is 9.88 Å². The Bertz CT molecular complexity index is 789. The number of nitrogens with zero attached hydrogens (tertiary/aromatic N) is 1. The number of hydrogen-bond donors (Lipinski definition) is 2. The van der Waals surface area contributed by atoms with E-state index in [9.17, 15) is 14.7 Å². The van der Waals surface area contributed by atoms with Crippen molar-refractivity contribution in [2.24, 2.45) is 5.92 Å². The summed E-state index contributed by atoms with van der Waals surface area (Å²) in [7, 11) is 0. The number of nitrogens with one attached hydrogen (secondary N) is 1. The highest BCUT2D eigenvalue weighted by molar-refractivity contribution is 6.31. The predicted octanol–water partition coefficient (Wildman–Crippen LogP) is 1.71. The van der Waals surface area contributed by atoms with Crippen molar-refractivity contribution in [2.45, 2.75) is 6.54 Å². The second-order valence-corrected chi connectivity index (χ2v) is 6.13. The molecule has 2 aromatic rings. The van der Waals surface area contributed by atoms with Crippen molar-refractivity contribution >= 4 is 28.5 Å². The van der Waals surface area contributed by atoms with Gasteiger partial charge in [0.2, 0.25) is 0 Å². The molecule has 0 bridgehead atoms. The first-order valence-corrected chi connectivity index (χ1v) is 7.75. The molecule has 3 rings (SSSR count). The van der Waals surface area contributed by atoms with Gasteiger partial charge in [-0.15, -0.1) is 0 Å². The zero-order valence-corrected chi connectivity index (χ0v) is 13.2. The lowest BCUT2D eigenvalue weighted by molar-refractivity contribution is -0.143. The maximum Gasteiger partial charge on any atom is 0.310 e. The summed E-state index contributed by atoms with van der Waals surface area (Å²) in [6.07, 6.45) is 0. The molecule has 23 heavy (non-hydrogen) atoms. The molecule has 0 amide bonds. The molecule has 1 fully saturated rings. The number of ether oxygens (including phenoxy) is 1. The molecule has 1 aromatic heterocycles. The molecule has 6 nitrogen and oxygen atoms in total. The Labute approximate surface area is 137 Å². The van der Waals surface area contributed by atoms with Crippen LogP contribution in [0.3, 0.4) is 0 Å². The fourth-order valence-electron chi connectivity index (χ4n) is 2.77. The minimum atomic E-state index is -0.862. The van der Waals surface area contributed by atoms with Gasteiger partial charge in [0.05, 0.1) is 19.1 Å². The van der Waals surface area contributed by atoms with Gasteiger partial charge in [-0.1, -0.05) is 11.6 Å². The first-order valence-electron chi connectivity index (χ1n) is 7.37. The molecule has 1 aliphatic rings. The Balaban J connectivity index is 1.84. The molecule has 2 heterocycles. The second kappa shape index (κ2) is 6.70. The van der Waals surface area contributed by atoms with E-state index in [-0.39, 0.29) is 12.0 Å². The topological polar surface area (TPSA) is 82.6 Å². The van der Waals surface area contributed by atoms with Gasteiger partial charge < -0.3 is 14.8 Å². The van der Waals surface area contributed by atoms with Gasteiger partial charge in [0.25, 0.3) is 0 Å². The van der Waals surface area contributed by atoms with Crippen LogP contribution in [0.25, 0.3) is 10.9 Å². The monoisotopic (exact) mass is 336 g/mol. The van der Waals surface area contributed by atoms with Crippen molar-refractivity contribution < 1.29 is 14.6 Å². The molecular weight excluding hydrogens is 320 g/mol. The fourth-order valence-corrected chi connectivity index (χ4v) is 2.94. The number of carboxylic acids is 1. The Kier molecular flexibility index (Phi) is 4.66. The predicted molar refractivity (Wildman–Crippen MR) is 86.8 cm³/mol. The summed E-state index contributed by atoms with van der Waals surface area (Å²) >= 11 is 5.92. The van der Waals surface area contributed by atoms with E-state index in [0.29, 0.717) is 36.7 Å². The third-order valence-corrected chi connectivity index (χ3v) is 4.18. The van der Waals surface area contributed by atoms with Crippen LogP contribution in [0.2, 0.25) is 5.02 Å². The first kappa shape index (κ1) is 16.0. The van der Waals surface area contributed by atoms with E-state index in [1.165, 1.54) is 0 Å². The second-order valence-electron chi connectivity index (χ2n) is 5.69. The highest BCUT2D eigenvalue weighted by atomic mass is 35.5. The lowest BCUT2D eigenvalue weighted by Crippen LogP contribution is -2.33. The number of H-pyrrole nitrogens is 1. The van der Waals surface area contributed by atoms with Gasteiger partial charge in [-0.2, -0.15) is 0 Å². The number of aromatic amines is 1. The lowest BCUT2D eigenvalue weighted by atomic mass is 10.1. The zero-order valence-electron chi connectivity index (χ0n) is 12.4. The van der Waals surface area contributed by atoms with E-state index < -0.39 is 11.9 Å². The molecule has 0 saturated carbocycles. The average Bonchev–Trinajstić information content (AvgIpc) is 2.74. The smallest absolute Gasteiger partial charge is 0.310 e. The summed E-state index contributed by atoms with van der Waals surface area (Å²) < 4.78 is 5.33. The van der Waals surface area contributed by atoms with Crippen molar-refractivity contribution in [1.29, 1.82) is 0 Å². The van der Waals surface area contributed by atoms with E-state index >= 15 is 0 Å². The normalized spacial score (nSPS) is 19.6. The van der Waals surface area contributed by atoms with Crippen LogP contribution >= 0.6 is 11.6 Å². The molecule has 1 aliphatic heterocycles. The summed E-state index contributed by atoms with van der Waals surface area (Å²) in [4.78, 5) is 28.6. The Hall–Kier alpha value is -1.89. The molecule has 122 valence electrons. The molecule has 1 unspecified atom stereocenters. The summed E-state index contributed by atoms with van der Waals surface area (Å²) in [5.74, 6) is -1.41. The average molecular weight is 337 g/mol. The number of rotatable bonds is 3. The third kappa shape index (κ3) is 3.72. The summed E-state index contributed by atoms with van der Waals surface area (Å²) in [6, 6.07) is 6.68. The summed E-state index contributed by atoms with van der Waals surface area (Å²) in [6.45, 7) is 2.21. The highest BCUT2D eigenvalue weighted by Crippen LogP contribution is 2.16. The quantitative estimate of drug-likeness (QED) is 0.891. The van der Waals surface area contributed by atoms with Crippen LogP contribution in [0.1, 0.15) is 5.69 Å². The first-order chi connectivity index (χ1) is 11.0. The van der Waals surface area contributed by atoms with Gasteiger partial charge in [-0.05, 0) is 18.2 Å². The summed E-state index contributed by atoms with van der Waals surface area (Å²) in [5.41, 5.74) is 1.37. The minimum Gasteiger partial charge on any atom is -0.481 e. The summed E-state index contributed by atoms with van der Waals surface area (Å²) in [5, 5.41) is 10.2. The van der Waals surface area contributed by atoms with Gasteiger partial charge in [-0.25, -0.2) is 0 Å². The van der Waals surface area contributed by atoms with Crippen molar-refractivity contribution in [3.05, 3.63) is 45.2 Å². The van der Waals surface area contributed by atoms with Gasteiger partial charge in [0.1, 0.15) is 0 Å². The molecule has 0 radical (unpaired) electrons. The van der Waals surface area contributed by atoms with Crippen LogP contribution in [0.15, 0.2) is 29.1 Å². The van der Waals surface area contributed by atoms with Crippen LogP contribution in [0.5, 0.6) is 0 Å². The van der Waals surface area contributed by atoms with Crippen LogP contribution in [0, 0.1) is 5.92 Å². The van der Waals surface area contributed by atoms with Gasteiger partial charge in [0, 0.05) is 47.3 Å². The number of aliphatic carboxylic acids is 1. The van der Waals surface area contributed by atoms with Crippen LogP contribution in [-0.4, -0.2) is 47.3 Å². The number of carboxylic acid groups (broad SMARTS) is 1. The minimum absolute atomic E-state index is 0.0999. The number of benzene rings is 1. The maximum atomic E-state index is 12.2. The van der Waals surface area contributed by atoms with Crippen molar-refractivity contribution in [2.75, 3.05) is 26.3 Å². The number of hydrogen-bond acceptors (Lipinski definition) is 4. The van der Waals surface area contributed by atoms with Crippen molar-refractivity contribution in [3.8, 4) is 0 Å². The van der Waals surface area contributed by atoms with E-state index in [2.05, 4.69) is 4.98 Å². The third-order valence-electron chi connectivity index (χ3n) is 3.94. The Morgan fingerprint density at radius 3 is 3.04 bits per heavy atom.